The highest BCUT2D eigenvalue weighted by molar-refractivity contribution is 7.90. The normalized spacial score (nSPS) is 12.0. The molecule has 0 heterocycles. The van der Waals surface area contributed by atoms with Crippen LogP contribution in [0.15, 0.2) is 82.1 Å². The van der Waals surface area contributed by atoms with Crippen molar-refractivity contribution in [2.45, 2.75) is 18.7 Å². The third-order valence-corrected chi connectivity index (χ3v) is 5.47. The Balaban J connectivity index is 2.06. The number of hydrogen-bond donors (Lipinski definition) is 1. The predicted molar refractivity (Wildman–Crippen MR) is 111 cm³/mol. The van der Waals surface area contributed by atoms with Gasteiger partial charge in [-0.3, -0.25) is 0 Å². The second-order valence-electron chi connectivity index (χ2n) is 6.23. The molecule has 27 heavy (non-hydrogen) atoms. The van der Waals surface area contributed by atoms with Gasteiger partial charge in [0.05, 0.1) is 4.90 Å². The summed E-state index contributed by atoms with van der Waals surface area (Å²) in [5.74, 6) is 0.234. The summed E-state index contributed by atoms with van der Waals surface area (Å²) in [6, 6.07) is 21.1. The molecule has 0 saturated carbocycles. The van der Waals surface area contributed by atoms with Crippen LogP contribution >= 0.6 is 11.6 Å². The van der Waals surface area contributed by atoms with Crippen molar-refractivity contribution in [1.82, 2.24) is 0 Å². The van der Waals surface area contributed by atoms with E-state index in [9.17, 15) is 8.42 Å². The van der Waals surface area contributed by atoms with Gasteiger partial charge in [0.2, 0.25) is 0 Å². The van der Waals surface area contributed by atoms with Gasteiger partial charge in [-0.1, -0.05) is 41.4 Å². The summed E-state index contributed by atoms with van der Waals surface area (Å²) >= 11 is 5.96. The molecule has 0 unspecified atom stereocenters. The molecule has 0 saturated heterocycles. The van der Waals surface area contributed by atoms with Crippen LogP contribution in [-0.4, -0.2) is 14.3 Å². The highest BCUT2D eigenvalue weighted by Crippen LogP contribution is 2.18. The number of aryl methyl sites for hydroxylation is 2. The number of halogens is 1. The molecule has 0 atom stereocenters. The predicted octanol–water partition coefficient (Wildman–Crippen LogP) is 5.20. The molecule has 6 heteroatoms. The van der Waals surface area contributed by atoms with Crippen molar-refractivity contribution in [3.05, 3.63) is 94.5 Å². The van der Waals surface area contributed by atoms with E-state index in [1.165, 1.54) is 0 Å². The summed E-state index contributed by atoms with van der Waals surface area (Å²) < 4.78 is 29.7. The summed E-state index contributed by atoms with van der Waals surface area (Å²) in [6.45, 7) is 3.87. The molecule has 0 aliphatic heterocycles. The second kappa shape index (κ2) is 7.94. The molecule has 0 fully saturated rings. The van der Waals surface area contributed by atoms with E-state index in [1.807, 2.05) is 38.1 Å². The van der Waals surface area contributed by atoms with E-state index in [1.54, 1.807) is 48.5 Å². The van der Waals surface area contributed by atoms with Gasteiger partial charge >= 0.3 is 0 Å². The maximum Gasteiger partial charge on any atom is 0.284 e. The van der Waals surface area contributed by atoms with E-state index >= 15 is 0 Å². The number of benzene rings is 3. The van der Waals surface area contributed by atoms with Crippen molar-refractivity contribution in [3.8, 4) is 0 Å². The zero-order valence-electron chi connectivity index (χ0n) is 15.0. The topological polar surface area (TPSA) is 58.5 Å². The number of rotatable bonds is 4. The fourth-order valence-electron chi connectivity index (χ4n) is 2.50. The molecule has 0 bridgehead atoms. The lowest BCUT2D eigenvalue weighted by Crippen LogP contribution is -2.16. The molecule has 138 valence electrons. The Kier molecular flexibility index (Phi) is 5.63. The monoisotopic (exact) mass is 398 g/mol. The second-order valence-corrected chi connectivity index (χ2v) is 8.27. The molecule has 0 aliphatic carbocycles. The first-order chi connectivity index (χ1) is 12.8. The van der Waals surface area contributed by atoms with E-state index in [0.29, 0.717) is 10.6 Å². The van der Waals surface area contributed by atoms with E-state index in [-0.39, 0.29) is 10.7 Å². The largest absolute Gasteiger partial charge is 0.339 e. The first-order valence-electron chi connectivity index (χ1n) is 8.35. The van der Waals surface area contributed by atoms with Crippen LogP contribution in [0.3, 0.4) is 0 Å². The summed E-state index contributed by atoms with van der Waals surface area (Å²) in [5, 5.41) is 3.69. The third-order valence-electron chi connectivity index (χ3n) is 3.93. The molecular formula is C21H19ClN2O2S. The van der Waals surface area contributed by atoms with Crippen molar-refractivity contribution < 1.29 is 8.42 Å². The summed E-state index contributed by atoms with van der Waals surface area (Å²) in [7, 11) is -3.87. The minimum absolute atomic E-state index is 0.144. The Bertz CT molecular complexity index is 1070. The molecule has 0 aliphatic rings. The standard InChI is InChI=1S/C21H19ClN2O2S/c1-15-6-12-20(13-7-15)27(25,26)24-21(17-8-10-18(22)11-9-17)23-19-5-3-4-16(2)14-19/h3-14H,1-2H3,(H,23,24). The van der Waals surface area contributed by atoms with Gasteiger partial charge in [-0.15, -0.1) is 4.40 Å². The minimum Gasteiger partial charge on any atom is -0.339 e. The van der Waals surface area contributed by atoms with Crippen LogP contribution in [-0.2, 0) is 10.0 Å². The lowest BCUT2D eigenvalue weighted by molar-refractivity contribution is 0.598. The molecule has 0 amide bonds. The highest BCUT2D eigenvalue weighted by Gasteiger charge is 2.16. The maximum absolute atomic E-state index is 12.8. The van der Waals surface area contributed by atoms with Crippen LogP contribution in [0.4, 0.5) is 5.69 Å². The Morgan fingerprint density at radius 2 is 1.56 bits per heavy atom. The molecule has 0 radical (unpaired) electrons. The van der Waals surface area contributed by atoms with Crippen LogP contribution in [0.25, 0.3) is 0 Å². The molecular weight excluding hydrogens is 380 g/mol. The van der Waals surface area contributed by atoms with Crippen LogP contribution in [0.2, 0.25) is 5.02 Å². The van der Waals surface area contributed by atoms with Gasteiger partial charge in [0.1, 0.15) is 0 Å². The van der Waals surface area contributed by atoms with E-state index < -0.39 is 10.0 Å². The van der Waals surface area contributed by atoms with E-state index in [2.05, 4.69) is 9.71 Å². The smallest absolute Gasteiger partial charge is 0.284 e. The fraction of sp³-hybridized carbons (Fsp3) is 0.0952. The number of sulfonamides is 1. The lowest BCUT2D eigenvalue weighted by atomic mass is 10.2. The van der Waals surface area contributed by atoms with Crippen LogP contribution in [0.1, 0.15) is 16.7 Å². The first kappa shape index (κ1) is 19.1. The Hall–Kier alpha value is -2.63. The van der Waals surface area contributed by atoms with E-state index in [4.69, 9.17) is 11.6 Å². The number of amidine groups is 1. The third kappa shape index (κ3) is 4.96. The minimum atomic E-state index is -3.87. The maximum atomic E-state index is 12.8. The average Bonchev–Trinajstić information content (AvgIpc) is 2.62. The van der Waals surface area contributed by atoms with Gasteiger partial charge in [-0.25, -0.2) is 0 Å². The first-order valence-corrected chi connectivity index (χ1v) is 10.2. The quantitative estimate of drug-likeness (QED) is 0.485. The summed E-state index contributed by atoms with van der Waals surface area (Å²) in [6.07, 6.45) is 0. The van der Waals surface area contributed by atoms with Crippen molar-refractivity contribution >= 4 is 33.1 Å². The van der Waals surface area contributed by atoms with Crippen LogP contribution in [0.5, 0.6) is 0 Å². The zero-order valence-corrected chi connectivity index (χ0v) is 16.6. The fourth-order valence-corrected chi connectivity index (χ4v) is 3.60. The van der Waals surface area contributed by atoms with Gasteiger partial charge < -0.3 is 5.32 Å². The average molecular weight is 399 g/mol. The molecule has 3 rings (SSSR count). The molecule has 1 N–H and O–H groups in total. The van der Waals surface area contributed by atoms with Crippen molar-refractivity contribution in [2.24, 2.45) is 4.40 Å². The Morgan fingerprint density at radius 1 is 0.889 bits per heavy atom. The number of nitrogens with zero attached hydrogens (tertiary/aromatic N) is 1. The Labute approximate surface area is 164 Å². The number of anilines is 1. The lowest BCUT2D eigenvalue weighted by Gasteiger charge is -2.11. The van der Waals surface area contributed by atoms with Gasteiger partial charge in [0.25, 0.3) is 10.0 Å². The SMILES string of the molecule is Cc1ccc(S(=O)(=O)/N=C(\Nc2cccc(C)c2)c2ccc(Cl)cc2)cc1. The molecule has 0 spiro atoms. The van der Waals surface area contributed by atoms with E-state index in [0.717, 1.165) is 16.8 Å². The Morgan fingerprint density at radius 3 is 2.19 bits per heavy atom. The summed E-state index contributed by atoms with van der Waals surface area (Å²) in [5.41, 5.74) is 3.41. The molecule has 0 aromatic heterocycles. The van der Waals surface area contributed by atoms with Crippen molar-refractivity contribution in [1.29, 1.82) is 0 Å². The highest BCUT2D eigenvalue weighted by atomic mass is 35.5. The molecule has 3 aromatic rings. The molecule has 3 aromatic carbocycles. The van der Waals surface area contributed by atoms with Gasteiger partial charge in [-0.05, 0) is 67.9 Å². The summed E-state index contributed by atoms with van der Waals surface area (Å²) in [4.78, 5) is 0.144. The number of hydrogen-bond acceptors (Lipinski definition) is 2. The van der Waals surface area contributed by atoms with Gasteiger partial charge in [-0.2, -0.15) is 8.42 Å². The number of nitrogens with one attached hydrogen (secondary N) is 1. The van der Waals surface area contributed by atoms with Gasteiger partial charge in [0.15, 0.2) is 5.84 Å². The van der Waals surface area contributed by atoms with Crippen LogP contribution in [0, 0.1) is 13.8 Å². The molecule has 4 nitrogen and oxygen atoms in total. The van der Waals surface area contributed by atoms with Crippen LogP contribution < -0.4 is 5.32 Å². The zero-order chi connectivity index (χ0) is 19.4. The van der Waals surface area contributed by atoms with Gasteiger partial charge in [0, 0.05) is 16.3 Å². The van der Waals surface area contributed by atoms with Crippen molar-refractivity contribution in [2.75, 3.05) is 5.32 Å². The van der Waals surface area contributed by atoms with Crippen molar-refractivity contribution in [3.63, 3.8) is 0 Å².